The molecule has 1 aromatic carbocycles. The summed E-state index contributed by atoms with van der Waals surface area (Å²) in [6.45, 7) is 13.1. The number of carbonyl (C=O) groups is 3. The largest absolute Gasteiger partial charge is 0.465 e. The van der Waals surface area contributed by atoms with Gasteiger partial charge in [0.05, 0.1) is 22.7 Å². The van der Waals surface area contributed by atoms with Crippen LogP contribution in [0.4, 0.5) is 13.6 Å². The topological polar surface area (TPSA) is 165 Å². The zero-order valence-electron chi connectivity index (χ0n) is 28.7. The van der Waals surface area contributed by atoms with Gasteiger partial charge in [0.25, 0.3) is 5.56 Å². The maximum absolute atomic E-state index is 14.2. The zero-order chi connectivity index (χ0) is 36.0. The molecule has 13 heteroatoms. The lowest BCUT2D eigenvalue weighted by Crippen LogP contribution is -2.57. The Morgan fingerprint density at radius 1 is 1.19 bits per heavy atom. The predicted molar refractivity (Wildman–Crippen MR) is 176 cm³/mol. The number of nitrogens with zero attached hydrogens (tertiary/aromatic N) is 3. The molecule has 48 heavy (non-hydrogen) atoms. The van der Waals surface area contributed by atoms with Gasteiger partial charge in [-0.05, 0) is 81.6 Å². The van der Waals surface area contributed by atoms with Crippen LogP contribution in [0.3, 0.4) is 0 Å². The number of esters is 1. The minimum Gasteiger partial charge on any atom is -0.465 e. The van der Waals surface area contributed by atoms with Crippen LogP contribution in [-0.4, -0.2) is 62.2 Å². The number of carboxylic acid groups (broad SMARTS) is 1. The number of aromatic amines is 1. The molecular weight excluding hydrogens is 624 g/mol. The summed E-state index contributed by atoms with van der Waals surface area (Å²) in [6, 6.07) is 4.66. The van der Waals surface area contributed by atoms with Gasteiger partial charge in [0.1, 0.15) is 17.7 Å². The average molecular weight is 672 g/mol. The molecule has 2 amide bonds. The number of ether oxygens (including phenoxy) is 1. The highest BCUT2D eigenvalue weighted by Gasteiger charge is 2.47. The Morgan fingerprint density at radius 3 is 2.40 bits per heavy atom. The molecule has 2 heterocycles. The average Bonchev–Trinajstić information content (AvgIpc) is 3.71. The van der Waals surface area contributed by atoms with Crippen LogP contribution in [-0.2, 0) is 20.2 Å². The van der Waals surface area contributed by atoms with Gasteiger partial charge in [0, 0.05) is 6.54 Å². The standard InChI is InChI=1S/C18H32N2O5.C17H15F2N3O/c1-8-11-9-10-20(12(11)15(22)25-18(5,6)7)14(21)13(17(2,3)4)19-16(23)24;18-17(19,8-2-1-3-11-4-5-11)15-16(23)22-14-9-12(10-20)6-7-13(14)21-15/h11-13,19H,8-10H2,1-7H3,(H,23,24);2,6-9,11H,1,3-5H2,(H,22,23)/b;8-2+/t11?,12?,13-;/m1./s1. The summed E-state index contributed by atoms with van der Waals surface area (Å²) in [5, 5.41) is 20.2. The van der Waals surface area contributed by atoms with Gasteiger partial charge in [-0.25, -0.2) is 14.6 Å². The molecular formula is C35H47F2N5O6. The van der Waals surface area contributed by atoms with Crippen molar-refractivity contribution in [1.82, 2.24) is 20.2 Å². The number of halogens is 2. The third-order valence-electron chi connectivity index (χ3n) is 8.26. The van der Waals surface area contributed by atoms with Crippen LogP contribution in [0.5, 0.6) is 0 Å². The molecule has 1 saturated heterocycles. The second-order valence-electron chi connectivity index (χ2n) is 14.5. The molecule has 11 nitrogen and oxygen atoms in total. The maximum Gasteiger partial charge on any atom is 0.405 e. The van der Waals surface area contributed by atoms with Crippen molar-refractivity contribution in [1.29, 1.82) is 5.26 Å². The van der Waals surface area contributed by atoms with Crippen LogP contribution >= 0.6 is 0 Å². The number of H-pyrrole nitrogens is 1. The molecule has 3 atom stereocenters. The molecule has 0 bridgehead atoms. The second kappa shape index (κ2) is 15.3. The summed E-state index contributed by atoms with van der Waals surface area (Å²) in [5.74, 6) is -3.52. The van der Waals surface area contributed by atoms with Gasteiger partial charge in [-0.2, -0.15) is 14.0 Å². The van der Waals surface area contributed by atoms with Crippen LogP contribution in [0, 0.1) is 28.6 Å². The summed E-state index contributed by atoms with van der Waals surface area (Å²) in [4.78, 5) is 56.5. The van der Waals surface area contributed by atoms with E-state index >= 15 is 0 Å². The van der Waals surface area contributed by atoms with E-state index in [1.165, 1.54) is 42.0 Å². The molecule has 1 aliphatic carbocycles. The maximum atomic E-state index is 14.2. The lowest BCUT2D eigenvalue weighted by atomic mass is 9.85. The van der Waals surface area contributed by atoms with E-state index < -0.39 is 52.3 Å². The van der Waals surface area contributed by atoms with E-state index in [4.69, 9.17) is 15.1 Å². The van der Waals surface area contributed by atoms with E-state index in [1.807, 2.05) is 13.0 Å². The van der Waals surface area contributed by atoms with Gasteiger partial charge in [-0.15, -0.1) is 0 Å². The Hall–Kier alpha value is -4.34. The Kier molecular flexibility index (Phi) is 12.1. The molecule has 2 fully saturated rings. The first-order valence-electron chi connectivity index (χ1n) is 16.3. The number of carbonyl (C=O) groups excluding carboxylic acids is 2. The SMILES string of the molecule is CCC1CCN(C(=O)[C@@H](NC(=O)O)C(C)(C)C)C1C(=O)OC(C)(C)C.N#Cc1ccc2nc(C(F)(F)/C=C/CCC3CC3)c(=O)[nH]c2c1. The van der Waals surface area contributed by atoms with Gasteiger partial charge < -0.3 is 25.0 Å². The van der Waals surface area contributed by atoms with Gasteiger partial charge >= 0.3 is 18.0 Å². The molecule has 1 aromatic heterocycles. The molecule has 262 valence electrons. The summed E-state index contributed by atoms with van der Waals surface area (Å²) < 4.78 is 33.9. The number of hydrogen-bond acceptors (Lipinski definition) is 7. The Balaban J connectivity index is 0.000000261. The Morgan fingerprint density at radius 2 is 1.85 bits per heavy atom. The zero-order valence-corrected chi connectivity index (χ0v) is 28.7. The number of likely N-dealkylation sites (tertiary alicyclic amines) is 1. The third-order valence-corrected chi connectivity index (χ3v) is 8.26. The van der Waals surface area contributed by atoms with E-state index in [9.17, 15) is 28.0 Å². The van der Waals surface area contributed by atoms with Crippen molar-refractivity contribution in [2.24, 2.45) is 17.3 Å². The number of alkyl halides is 2. The van der Waals surface area contributed by atoms with Crippen molar-refractivity contribution in [3.63, 3.8) is 0 Å². The lowest BCUT2D eigenvalue weighted by Gasteiger charge is -2.36. The monoisotopic (exact) mass is 671 g/mol. The number of benzene rings is 1. The van der Waals surface area contributed by atoms with Crippen molar-refractivity contribution in [2.75, 3.05) is 6.54 Å². The fourth-order valence-electron chi connectivity index (χ4n) is 5.58. The number of amides is 2. The van der Waals surface area contributed by atoms with Crippen molar-refractivity contribution < 1.29 is 33.0 Å². The highest BCUT2D eigenvalue weighted by molar-refractivity contribution is 5.91. The molecule has 4 rings (SSSR count). The van der Waals surface area contributed by atoms with Crippen molar-refractivity contribution in [3.8, 4) is 6.07 Å². The van der Waals surface area contributed by atoms with E-state index in [0.717, 1.165) is 18.9 Å². The number of nitrogens with one attached hydrogen (secondary N) is 2. The van der Waals surface area contributed by atoms with Crippen molar-refractivity contribution in [2.45, 2.75) is 111 Å². The predicted octanol–water partition coefficient (Wildman–Crippen LogP) is 6.27. The van der Waals surface area contributed by atoms with E-state index in [1.54, 1.807) is 41.5 Å². The Labute approximate surface area is 279 Å². The number of allylic oxidation sites excluding steroid dienone is 2. The van der Waals surface area contributed by atoms with E-state index in [2.05, 4.69) is 15.3 Å². The van der Waals surface area contributed by atoms with Gasteiger partial charge in [-0.3, -0.25) is 9.59 Å². The second-order valence-corrected chi connectivity index (χ2v) is 14.5. The van der Waals surface area contributed by atoms with Crippen LogP contribution in [0.2, 0.25) is 0 Å². The van der Waals surface area contributed by atoms with Gasteiger partial charge in [0.2, 0.25) is 5.91 Å². The molecule has 2 unspecified atom stereocenters. The number of rotatable bonds is 9. The summed E-state index contributed by atoms with van der Waals surface area (Å²) in [5.41, 5.74) is -2.19. The smallest absolute Gasteiger partial charge is 0.405 e. The van der Waals surface area contributed by atoms with E-state index in [-0.39, 0.29) is 22.9 Å². The van der Waals surface area contributed by atoms with Crippen LogP contribution in [0.15, 0.2) is 35.1 Å². The molecule has 0 spiro atoms. The first kappa shape index (κ1) is 38.1. The molecule has 2 aromatic rings. The lowest BCUT2D eigenvalue weighted by molar-refractivity contribution is -0.165. The molecule has 1 saturated carbocycles. The van der Waals surface area contributed by atoms with Crippen LogP contribution in [0.1, 0.15) is 98.2 Å². The molecule has 3 N–H and O–H groups in total. The third kappa shape index (κ3) is 10.3. The first-order chi connectivity index (χ1) is 22.3. The quantitative estimate of drug-likeness (QED) is 0.207. The van der Waals surface area contributed by atoms with Crippen molar-refractivity contribution in [3.05, 3.63) is 52.0 Å². The minimum absolute atomic E-state index is 0.0178. The highest BCUT2D eigenvalue weighted by atomic mass is 19.3. The highest BCUT2D eigenvalue weighted by Crippen LogP contribution is 2.35. The van der Waals surface area contributed by atoms with Gasteiger partial charge in [-0.1, -0.05) is 53.0 Å². The molecule has 0 radical (unpaired) electrons. The fourth-order valence-corrected chi connectivity index (χ4v) is 5.58. The van der Waals surface area contributed by atoms with Crippen LogP contribution < -0.4 is 10.9 Å². The summed E-state index contributed by atoms with van der Waals surface area (Å²) in [7, 11) is 0. The number of fused-ring (bicyclic) bond motifs is 1. The number of nitriles is 1. The van der Waals surface area contributed by atoms with Gasteiger partial charge in [0.15, 0.2) is 5.69 Å². The molecule has 1 aliphatic heterocycles. The van der Waals surface area contributed by atoms with E-state index in [0.29, 0.717) is 30.9 Å². The summed E-state index contributed by atoms with van der Waals surface area (Å²) in [6.07, 6.45) is 6.22. The number of hydrogen-bond donors (Lipinski definition) is 3. The van der Waals surface area contributed by atoms with Crippen LogP contribution in [0.25, 0.3) is 11.0 Å². The number of aromatic nitrogens is 2. The van der Waals surface area contributed by atoms with Crippen molar-refractivity contribution >= 4 is 29.0 Å². The fraction of sp³-hybridized carbons (Fsp3) is 0.600. The normalized spacial score (nSPS) is 19.0. The first-order valence-corrected chi connectivity index (χ1v) is 16.3. The Bertz CT molecular complexity index is 1610. The minimum atomic E-state index is -3.42. The summed E-state index contributed by atoms with van der Waals surface area (Å²) >= 11 is 0. The molecule has 2 aliphatic rings.